The zero-order valence-corrected chi connectivity index (χ0v) is 16.7. The molecule has 1 aromatic heterocycles. The maximum atomic E-state index is 12.2. The monoisotopic (exact) mass is 441 g/mol. The molecule has 0 bridgehead atoms. The summed E-state index contributed by atoms with van der Waals surface area (Å²) < 4.78 is 33.6. The molecule has 2 amide bonds. The number of para-hydroxylation sites is 1. The maximum Gasteiger partial charge on any atom is 0.490 e. The number of carboxylic acid groups (broad SMARTS) is 1. The van der Waals surface area contributed by atoms with Crippen LogP contribution < -0.4 is 15.5 Å². The standard InChI is InChI=1S/C17H21N5O2.C2HF3O2/c1-21-16-11(3-2-4-13(16)22-9-7-18-8-10-22)15(20-21)12-5-6-14(23)19-17(12)24;3-2(4,5)1(6)7/h2-4,12,18H,5-10H2,1H3,(H,19,23,24);(H,6,7). The van der Waals surface area contributed by atoms with Crippen LogP contribution in [0.15, 0.2) is 18.2 Å². The van der Waals surface area contributed by atoms with E-state index >= 15 is 0 Å². The summed E-state index contributed by atoms with van der Waals surface area (Å²) in [6.45, 7) is 3.85. The molecular formula is C19H22F3N5O4. The number of aryl methyl sites for hydroxylation is 1. The molecule has 4 rings (SSSR count). The van der Waals surface area contributed by atoms with Gasteiger partial charge in [0.1, 0.15) is 0 Å². The topological polar surface area (TPSA) is 117 Å². The second-order valence-corrected chi connectivity index (χ2v) is 7.23. The zero-order chi connectivity index (χ0) is 22.8. The van der Waals surface area contributed by atoms with E-state index in [1.165, 1.54) is 0 Å². The van der Waals surface area contributed by atoms with Crippen molar-refractivity contribution in [2.45, 2.75) is 24.9 Å². The van der Waals surface area contributed by atoms with Crippen molar-refractivity contribution < 1.29 is 32.7 Å². The molecule has 0 saturated carbocycles. The molecule has 31 heavy (non-hydrogen) atoms. The summed E-state index contributed by atoms with van der Waals surface area (Å²) in [6.07, 6.45) is -4.19. The number of fused-ring (bicyclic) bond motifs is 1. The van der Waals surface area contributed by atoms with Gasteiger partial charge in [-0.15, -0.1) is 0 Å². The third kappa shape index (κ3) is 4.95. The van der Waals surface area contributed by atoms with Gasteiger partial charge in [0.2, 0.25) is 11.8 Å². The van der Waals surface area contributed by atoms with Crippen molar-refractivity contribution in [3.05, 3.63) is 23.9 Å². The minimum absolute atomic E-state index is 0.196. The molecule has 9 nitrogen and oxygen atoms in total. The van der Waals surface area contributed by atoms with Gasteiger partial charge in [0.25, 0.3) is 0 Å². The zero-order valence-electron chi connectivity index (χ0n) is 16.7. The molecule has 3 N–H and O–H groups in total. The lowest BCUT2D eigenvalue weighted by Crippen LogP contribution is -2.43. The van der Waals surface area contributed by atoms with Crippen LogP contribution in [0.4, 0.5) is 18.9 Å². The lowest BCUT2D eigenvalue weighted by Gasteiger charge is -2.30. The fraction of sp³-hybridized carbons (Fsp3) is 0.474. The largest absolute Gasteiger partial charge is 0.490 e. The van der Waals surface area contributed by atoms with Crippen molar-refractivity contribution in [1.82, 2.24) is 20.4 Å². The van der Waals surface area contributed by atoms with Crippen molar-refractivity contribution in [1.29, 1.82) is 0 Å². The van der Waals surface area contributed by atoms with Crippen LogP contribution in [-0.4, -0.2) is 65.0 Å². The highest BCUT2D eigenvalue weighted by molar-refractivity contribution is 6.03. The minimum Gasteiger partial charge on any atom is -0.475 e. The van der Waals surface area contributed by atoms with E-state index in [4.69, 9.17) is 9.90 Å². The Balaban J connectivity index is 0.000000339. The molecule has 2 fully saturated rings. The summed E-state index contributed by atoms with van der Waals surface area (Å²) in [5.74, 6) is -3.55. The Bertz CT molecular complexity index is 998. The van der Waals surface area contributed by atoms with E-state index < -0.39 is 12.1 Å². The number of aliphatic carboxylic acids is 1. The molecule has 1 aromatic carbocycles. The Morgan fingerprint density at radius 2 is 1.87 bits per heavy atom. The van der Waals surface area contributed by atoms with E-state index in [0.717, 1.165) is 48.5 Å². The van der Waals surface area contributed by atoms with Crippen molar-refractivity contribution in [2.24, 2.45) is 7.05 Å². The smallest absolute Gasteiger partial charge is 0.475 e. The number of amides is 2. The first kappa shape index (κ1) is 22.5. The Morgan fingerprint density at radius 3 is 2.45 bits per heavy atom. The second-order valence-electron chi connectivity index (χ2n) is 7.23. The van der Waals surface area contributed by atoms with Crippen LogP contribution in [-0.2, 0) is 21.4 Å². The van der Waals surface area contributed by atoms with E-state index in [2.05, 4.69) is 26.7 Å². The molecule has 0 spiro atoms. The molecule has 2 saturated heterocycles. The molecule has 2 aliphatic rings. The fourth-order valence-corrected chi connectivity index (χ4v) is 3.72. The second kappa shape index (κ2) is 8.92. The van der Waals surface area contributed by atoms with Crippen LogP contribution in [0.3, 0.4) is 0 Å². The number of hydrogen-bond acceptors (Lipinski definition) is 6. The summed E-state index contributed by atoms with van der Waals surface area (Å²) >= 11 is 0. The molecule has 1 unspecified atom stereocenters. The molecule has 2 aliphatic heterocycles. The summed E-state index contributed by atoms with van der Waals surface area (Å²) in [4.78, 5) is 34.9. The van der Waals surface area contributed by atoms with Gasteiger partial charge >= 0.3 is 12.1 Å². The average molecular weight is 441 g/mol. The molecule has 0 aliphatic carbocycles. The molecule has 168 valence electrons. The number of nitrogens with one attached hydrogen (secondary N) is 2. The number of benzene rings is 1. The number of imide groups is 1. The first-order valence-corrected chi connectivity index (χ1v) is 9.64. The predicted octanol–water partition coefficient (Wildman–Crippen LogP) is 1.14. The maximum absolute atomic E-state index is 12.2. The van der Waals surface area contributed by atoms with Crippen LogP contribution >= 0.6 is 0 Å². The lowest BCUT2D eigenvalue weighted by atomic mass is 9.92. The van der Waals surface area contributed by atoms with Gasteiger partial charge in [-0.3, -0.25) is 19.6 Å². The minimum atomic E-state index is -5.08. The Hall–Kier alpha value is -3.15. The van der Waals surface area contributed by atoms with E-state index in [-0.39, 0.29) is 17.7 Å². The predicted molar refractivity (Wildman–Crippen MR) is 105 cm³/mol. The third-order valence-corrected chi connectivity index (χ3v) is 5.14. The van der Waals surface area contributed by atoms with Crippen LogP contribution in [0.2, 0.25) is 0 Å². The van der Waals surface area contributed by atoms with Crippen molar-refractivity contribution in [2.75, 3.05) is 31.1 Å². The molecule has 12 heteroatoms. The number of nitrogens with zero attached hydrogens (tertiary/aromatic N) is 3. The van der Waals surface area contributed by atoms with Crippen molar-refractivity contribution in [3.8, 4) is 0 Å². The number of carbonyl (C=O) groups is 3. The normalized spacial score (nSPS) is 19.6. The molecular weight excluding hydrogens is 419 g/mol. The van der Waals surface area contributed by atoms with Crippen molar-refractivity contribution in [3.63, 3.8) is 0 Å². The quantitative estimate of drug-likeness (QED) is 0.599. The van der Waals surface area contributed by atoms with E-state index in [1.54, 1.807) is 0 Å². The van der Waals surface area contributed by atoms with E-state index in [9.17, 15) is 22.8 Å². The summed E-state index contributed by atoms with van der Waals surface area (Å²) in [5.41, 5.74) is 2.98. The number of anilines is 1. The first-order chi connectivity index (χ1) is 14.6. The SMILES string of the molecule is Cn1nc(C2CCC(=O)NC2=O)c2cccc(N3CCNCC3)c21.O=C(O)C(F)(F)F. The summed E-state index contributed by atoms with van der Waals surface area (Å²) in [7, 11) is 1.92. The number of hydrogen-bond donors (Lipinski definition) is 3. The molecule has 2 aromatic rings. The number of piperidine rings is 1. The van der Waals surface area contributed by atoms with Gasteiger partial charge in [-0.1, -0.05) is 12.1 Å². The number of rotatable bonds is 2. The highest BCUT2D eigenvalue weighted by Crippen LogP contribution is 2.34. The number of halogens is 3. The molecule has 3 heterocycles. The van der Waals surface area contributed by atoms with Gasteiger partial charge < -0.3 is 15.3 Å². The summed E-state index contributed by atoms with van der Waals surface area (Å²) in [5, 5.41) is 18.6. The highest BCUT2D eigenvalue weighted by Gasteiger charge is 2.38. The van der Waals surface area contributed by atoms with Gasteiger partial charge in [0.05, 0.1) is 22.8 Å². The number of piperazine rings is 1. The van der Waals surface area contributed by atoms with E-state index in [0.29, 0.717) is 12.8 Å². The number of carbonyl (C=O) groups excluding carboxylic acids is 2. The highest BCUT2D eigenvalue weighted by atomic mass is 19.4. The summed E-state index contributed by atoms with van der Waals surface area (Å²) in [6, 6.07) is 6.16. The van der Waals surface area contributed by atoms with Gasteiger partial charge in [0, 0.05) is 45.0 Å². The Morgan fingerprint density at radius 1 is 1.23 bits per heavy atom. The number of aromatic nitrogens is 2. The fourth-order valence-electron chi connectivity index (χ4n) is 3.72. The number of carboxylic acids is 1. The number of alkyl halides is 3. The van der Waals surface area contributed by atoms with Gasteiger partial charge in [0.15, 0.2) is 0 Å². The lowest BCUT2D eigenvalue weighted by molar-refractivity contribution is -0.192. The van der Waals surface area contributed by atoms with E-state index in [1.807, 2.05) is 23.9 Å². The van der Waals surface area contributed by atoms with Crippen LogP contribution in [0.1, 0.15) is 24.5 Å². The van der Waals surface area contributed by atoms with Gasteiger partial charge in [-0.25, -0.2) is 4.79 Å². The molecule has 1 atom stereocenters. The van der Waals surface area contributed by atoms with Gasteiger partial charge in [-0.05, 0) is 12.5 Å². The average Bonchev–Trinajstić information content (AvgIpc) is 3.05. The third-order valence-electron chi connectivity index (χ3n) is 5.14. The van der Waals surface area contributed by atoms with Crippen LogP contribution in [0.25, 0.3) is 10.9 Å². The molecule has 0 radical (unpaired) electrons. The van der Waals surface area contributed by atoms with Crippen molar-refractivity contribution >= 4 is 34.4 Å². The Labute approximate surface area is 175 Å². The Kier molecular flexibility index (Phi) is 6.48. The van der Waals surface area contributed by atoms with Crippen LogP contribution in [0.5, 0.6) is 0 Å². The first-order valence-electron chi connectivity index (χ1n) is 9.64. The van der Waals surface area contributed by atoms with Gasteiger partial charge in [-0.2, -0.15) is 18.3 Å². The van der Waals surface area contributed by atoms with Crippen LogP contribution in [0, 0.1) is 0 Å².